The maximum atomic E-state index is 10.6. The molecule has 0 aliphatic carbocycles. The van der Waals surface area contributed by atoms with Crippen molar-refractivity contribution in [1.29, 1.82) is 0 Å². The third-order valence-corrected chi connectivity index (χ3v) is 2.39. The topological polar surface area (TPSA) is 52.4 Å². The lowest BCUT2D eigenvalue weighted by atomic mass is 10.1. The predicted molar refractivity (Wildman–Crippen MR) is 60.5 cm³/mol. The molecule has 0 aliphatic rings. The van der Waals surface area contributed by atoms with Crippen molar-refractivity contribution in [3.05, 3.63) is 22.8 Å². The molecular formula is C11H21NO3. The van der Waals surface area contributed by atoms with E-state index in [-0.39, 0.29) is 11.0 Å². The molecule has 4 heteroatoms. The Morgan fingerprint density at radius 2 is 2.20 bits per heavy atom. The lowest BCUT2D eigenvalue weighted by Crippen LogP contribution is -2.33. The van der Waals surface area contributed by atoms with Crippen molar-refractivity contribution in [2.24, 2.45) is 0 Å². The van der Waals surface area contributed by atoms with Gasteiger partial charge in [-0.3, -0.25) is 10.1 Å². The van der Waals surface area contributed by atoms with Gasteiger partial charge >= 0.3 is 0 Å². The lowest BCUT2D eigenvalue weighted by Gasteiger charge is -2.17. The first kappa shape index (κ1) is 14.1. The summed E-state index contributed by atoms with van der Waals surface area (Å²) in [5.41, 5.74) is 0. The first-order valence-corrected chi connectivity index (χ1v) is 5.49. The van der Waals surface area contributed by atoms with E-state index in [4.69, 9.17) is 4.74 Å². The fourth-order valence-corrected chi connectivity index (χ4v) is 1.39. The van der Waals surface area contributed by atoms with Crippen molar-refractivity contribution in [3.8, 4) is 0 Å². The Kier molecular flexibility index (Phi) is 7.91. The molecule has 0 fully saturated rings. The molecule has 0 aromatic carbocycles. The van der Waals surface area contributed by atoms with Crippen LogP contribution in [0, 0.1) is 10.1 Å². The molecule has 4 nitrogen and oxygen atoms in total. The van der Waals surface area contributed by atoms with E-state index in [1.54, 1.807) is 13.0 Å². The Balaban J connectivity index is 4.04. The maximum absolute atomic E-state index is 10.6. The van der Waals surface area contributed by atoms with E-state index in [1.807, 2.05) is 0 Å². The molecule has 0 saturated heterocycles. The zero-order valence-electron chi connectivity index (χ0n) is 9.65. The molecular weight excluding hydrogens is 194 g/mol. The minimum absolute atomic E-state index is 0.278. The summed E-state index contributed by atoms with van der Waals surface area (Å²) in [6.07, 6.45) is 5.28. The Morgan fingerprint density at radius 1 is 1.53 bits per heavy atom. The van der Waals surface area contributed by atoms with Crippen LogP contribution in [0.3, 0.4) is 0 Å². The van der Waals surface area contributed by atoms with Gasteiger partial charge in [0.05, 0.1) is 6.61 Å². The Labute approximate surface area is 91.5 Å². The van der Waals surface area contributed by atoms with E-state index in [2.05, 4.69) is 13.5 Å². The largest absolute Gasteiger partial charge is 0.367 e. The molecule has 2 atom stereocenters. The summed E-state index contributed by atoms with van der Waals surface area (Å²) >= 11 is 0. The fourth-order valence-electron chi connectivity index (χ4n) is 1.39. The zero-order chi connectivity index (χ0) is 11.7. The molecule has 0 aromatic rings. The highest BCUT2D eigenvalue weighted by Gasteiger charge is 2.26. The van der Waals surface area contributed by atoms with Crippen molar-refractivity contribution in [2.45, 2.75) is 51.7 Å². The first-order chi connectivity index (χ1) is 7.13. The second-order valence-electron chi connectivity index (χ2n) is 3.68. The normalized spacial score (nSPS) is 14.5. The van der Waals surface area contributed by atoms with E-state index in [9.17, 15) is 10.1 Å². The summed E-state index contributed by atoms with van der Waals surface area (Å²) in [5, 5.41) is 10.6. The van der Waals surface area contributed by atoms with E-state index >= 15 is 0 Å². The summed E-state index contributed by atoms with van der Waals surface area (Å²) in [7, 11) is 0. The quantitative estimate of drug-likeness (QED) is 0.257. The second kappa shape index (κ2) is 8.41. The molecule has 15 heavy (non-hydrogen) atoms. The summed E-state index contributed by atoms with van der Waals surface area (Å²) in [6.45, 7) is 7.63. The molecule has 0 saturated carbocycles. The van der Waals surface area contributed by atoms with Crippen molar-refractivity contribution < 1.29 is 9.66 Å². The molecule has 0 spiro atoms. The molecule has 88 valence electrons. The Bertz CT molecular complexity index is 194. The van der Waals surface area contributed by atoms with Crippen LogP contribution in [0.25, 0.3) is 0 Å². The third kappa shape index (κ3) is 6.23. The van der Waals surface area contributed by atoms with Crippen LogP contribution in [0.5, 0.6) is 0 Å². The standard InChI is InChI=1S/C11H21NO3/c1-4-6-7-8-11(15-9-5-2)10(3)12(13)14/h5,10-11H,2,4,6-9H2,1,3H3. The van der Waals surface area contributed by atoms with Gasteiger partial charge in [0.1, 0.15) is 6.10 Å². The molecule has 0 heterocycles. The third-order valence-electron chi connectivity index (χ3n) is 2.39. The van der Waals surface area contributed by atoms with E-state index in [0.29, 0.717) is 6.61 Å². The SMILES string of the molecule is C=CCOC(CCCCC)C(C)[N+](=O)[O-]. The Morgan fingerprint density at radius 3 is 2.67 bits per heavy atom. The highest BCUT2D eigenvalue weighted by atomic mass is 16.6. The van der Waals surface area contributed by atoms with E-state index in [1.165, 1.54) is 0 Å². The summed E-state index contributed by atoms with van der Waals surface area (Å²) < 4.78 is 5.40. The van der Waals surface area contributed by atoms with Crippen molar-refractivity contribution in [3.63, 3.8) is 0 Å². The van der Waals surface area contributed by atoms with Crippen LogP contribution in [0.15, 0.2) is 12.7 Å². The van der Waals surface area contributed by atoms with Crippen LogP contribution in [0.2, 0.25) is 0 Å². The van der Waals surface area contributed by atoms with E-state index < -0.39 is 6.04 Å². The van der Waals surface area contributed by atoms with Crippen molar-refractivity contribution in [1.82, 2.24) is 0 Å². The van der Waals surface area contributed by atoms with Gasteiger partial charge in [-0.25, -0.2) is 0 Å². The summed E-state index contributed by atoms with van der Waals surface area (Å²) in [4.78, 5) is 10.4. The molecule has 0 radical (unpaired) electrons. The zero-order valence-corrected chi connectivity index (χ0v) is 9.65. The van der Waals surface area contributed by atoms with Gasteiger partial charge in [0, 0.05) is 11.8 Å². The minimum atomic E-state index is -0.637. The molecule has 0 rings (SSSR count). The van der Waals surface area contributed by atoms with Gasteiger partial charge in [0.25, 0.3) is 0 Å². The van der Waals surface area contributed by atoms with Crippen LogP contribution >= 0.6 is 0 Å². The molecule has 0 amide bonds. The lowest BCUT2D eigenvalue weighted by molar-refractivity contribution is -0.531. The number of ether oxygens (including phenoxy) is 1. The molecule has 0 aliphatic heterocycles. The molecule has 0 aromatic heterocycles. The molecule has 2 unspecified atom stereocenters. The van der Waals surface area contributed by atoms with Crippen molar-refractivity contribution >= 4 is 0 Å². The van der Waals surface area contributed by atoms with Crippen LogP contribution in [-0.2, 0) is 4.74 Å². The van der Waals surface area contributed by atoms with Crippen LogP contribution in [-0.4, -0.2) is 23.7 Å². The highest BCUT2D eigenvalue weighted by molar-refractivity contribution is 4.70. The number of unbranched alkanes of at least 4 members (excludes halogenated alkanes) is 2. The minimum Gasteiger partial charge on any atom is -0.367 e. The second-order valence-corrected chi connectivity index (χ2v) is 3.68. The monoisotopic (exact) mass is 215 g/mol. The van der Waals surface area contributed by atoms with Gasteiger partial charge in [0.15, 0.2) is 0 Å². The average Bonchev–Trinajstić information content (AvgIpc) is 2.22. The van der Waals surface area contributed by atoms with Crippen molar-refractivity contribution in [2.75, 3.05) is 6.61 Å². The van der Waals surface area contributed by atoms with Gasteiger partial charge < -0.3 is 4.74 Å². The van der Waals surface area contributed by atoms with Crippen LogP contribution < -0.4 is 0 Å². The average molecular weight is 215 g/mol. The smallest absolute Gasteiger partial charge is 0.236 e. The number of rotatable bonds is 9. The number of hydrogen-bond acceptors (Lipinski definition) is 3. The van der Waals surface area contributed by atoms with E-state index in [0.717, 1.165) is 25.7 Å². The molecule has 0 bridgehead atoms. The highest BCUT2D eigenvalue weighted by Crippen LogP contribution is 2.12. The number of nitrogens with zero attached hydrogens (tertiary/aromatic N) is 1. The van der Waals surface area contributed by atoms with Gasteiger partial charge in [-0.1, -0.05) is 32.3 Å². The summed E-state index contributed by atoms with van der Waals surface area (Å²) in [6, 6.07) is -0.637. The maximum Gasteiger partial charge on any atom is 0.236 e. The first-order valence-electron chi connectivity index (χ1n) is 5.49. The van der Waals surface area contributed by atoms with Gasteiger partial charge in [-0.15, -0.1) is 6.58 Å². The van der Waals surface area contributed by atoms with Gasteiger partial charge in [-0.05, 0) is 6.42 Å². The molecule has 0 N–H and O–H groups in total. The van der Waals surface area contributed by atoms with Gasteiger partial charge in [-0.2, -0.15) is 0 Å². The number of nitro groups is 1. The predicted octanol–water partition coefficient (Wildman–Crippen LogP) is 2.80. The summed E-state index contributed by atoms with van der Waals surface area (Å²) in [5.74, 6) is 0. The number of hydrogen-bond donors (Lipinski definition) is 0. The van der Waals surface area contributed by atoms with Crippen LogP contribution in [0.4, 0.5) is 0 Å². The fraction of sp³-hybridized carbons (Fsp3) is 0.818. The van der Waals surface area contributed by atoms with Gasteiger partial charge in [0.2, 0.25) is 6.04 Å². The Hall–Kier alpha value is -0.900. The van der Waals surface area contributed by atoms with Crippen LogP contribution in [0.1, 0.15) is 39.5 Å².